The van der Waals surface area contributed by atoms with Crippen LogP contribution in [0.5, 0.6) is 0 Å². The number of amides is 3. The number of carbonyl (C=O) groups is 2. The van der Waals surface area contributed by atoms with Crippen molar-refractivity contribution < 1.29 is 14.7 Å². The van der Waals surface area contributed by atoms with E-state index in [2.05, 4.69) is 20.9 Å². The molecule has 7 nitrogen and oxygen atoms in total. The molecule has 1 aliphatic carbocycles. The molecule has 1 aliphatic rings. The van der Waals surface area contributed by atoms with Gasteiger partial charge in [0.2, 0.25) is 0 Å². The molecule has 0 saturated heterocycles. The van der Waals surface area contributed by atoms with Crippen LogP contribution in [0.25, 0.3) is 0 Å². The Balaban J connectivity index is 1.63. The van der Waals surface area contributed by atoms with Crippen LogP contribution in [0.3, 0.4) is 0 Å². The maximum Gasteiger partial charge on any atom is 0.320 e. The lowest BCUT2D eigenvalue weighted by Crippen LogP contribution is -2.48. The summed E-state index contributed by atoms with van der Waals surface area (Å²) >= 11 is 12.1. The van der Waals surface area contributed by atoms with Gasteiger partial charge in [-0.3, -0.25) is 10.1 Å². The van der Waals surface area contributed by atoms with Crippen LogP contribution in [-0.2, 0) is 0 Å². The molecule has 0 aliphatic heterocycles. The first-order chi connectivity index (χ1) is 12.4. The Morgan fingerprint density at radius 3 is 2.46 bits per heavy atom. The molecule has 0 unspecified atom stereocenters. The number of aliphatic hydroxyl groups is 1. The zero-order valence-corrected chi connectivity index (χ0v) is 15.0. The monoisotopic (exact) mass is 394 g/mol. The van der Waals surface area contributed by atoms with E-state index in [-0.39, 0.29) is 33.6 Å². The predicted molar refractivity (Wildman–Crippen MR) is 99.8 cm³/mol. The third kappa shape index (κ3) is 4.43. The Hall–Kier alpha value is -2.35. The van der Waals surface area contributed by atoms with Crippen LogP contribution in [0, 0.1) is 0 Å². The van der Waals surface area contributed by atoms with E-state index in [1.807, 2.05) is 0 Å². The normalized spacial score (nSPS) is 18.6. The van der Waals surface area contributed by atoms with Crippen LogP contribution in [-0.4, -0.2) is 34.2 Å². The highest BCUT2D eigenvalue weighted by atomic mass is 35.5. The highest BCUT2D eigenvalue weighted by molar-refractivity contribution is 6.40. The standard InChI is InChI=1S/C17H16Cl2N4O3/c18-12-2-1-3-13(19)15(12)16(25)21-9-4-5-20-14(8-9)23-17(26)22-10-6-11(24)7-10/h1-5,8,10-11,24H,6-7H2,(H3,20,21,22,23,25,26)/t10-,11+. The number of aromatic nitrogens is 1. The number of rotatable bonds is 4. The minimum absolute atomic E-state index is 0.0461. The van der Waals surface area contributed by atoms with Crippen molar-refractivity contribution in [3.63, 3.8) is 0 Å². The first-order valence-corrected chi connectivity index (χ1v) is 8.65. The van der Waals surface area contributed by atoms with E-state index in [1.165, 1.54) is 12.3 Å². The van der Waals surface area contributed by atoms with Gasteiger partial charge in [0.15, 0.2) is 0 Å². The van der Waals surface area contributed by atoms with Gasteiger partial charge in [0.05, 0.1) is 21.7 Å². The van der Waals surface area contributed by atoms with Gasteiger partial charge in [-0.05, 0) is 31.0 Å². The van der Waals surface area contributed by atoms with Crippen molar-refractivity contribution in [2.45, 2.75) is 25.0 Å². The fraction of sp³-hybridized carbons (Fsp3) is 0.235. The van der Waals surface area contributed by atoms with Crippen molar-refractivity contribution in [2.24, 2.45) is 0 Å². The summed E-state index contributed by atoms with van der Waals surface area (Å²) < 4.78 is 0. The van der Waals surface area contributed by atoms with Crippen LogP contribution in [0.1, 0.15) is 23.2 Å². The molecule has 1 heterocycles. The van der Waals surface area contributed by atoms with Gasteiger partial charge in [-0.15, -0.1) is 0 Å². The van der Waals surface area contributed by atoms with E-state index in [4.69, 9.17) is 23.2 Å². The summed E-state index contributed by atoms with van der Waals surface area (Å²) in [5.74, 6) is -0.198. The van der Waals surface area contributed by atoms with E-state index in [0.717, 1.165) is 0 Å². The first kappa shape index (κ1) is 18.4. The lowest BCUT2D eigenvalue weighted by molar-refractivity contribution is 0.0671. The van der Waals surface area contributed by atoms with Gasteiger partial charge in [0.1, 0.15) is 5.82 Å². The minimum atomic E-state index is -0.467. The molecular formula is C17H16Cl2N4O3. The van der Waals surface area contributed by atoms with Gasteiger partial charge in [0, 0.05) is 24.0 Å². The van der Waals surface area contributed by atoms with Gasteiger partial charge in [-0.2, -0.15) is 0 Å². The zero-order chi connectivity index (χ0) is 18.7. The van der Waals surface area contributed by atoms with Gasteiger partial charge in [-0.25, -0.2) is 9.78 Å². The molecule has 1 saturated carbocycles. The summed E-state index contributed by atoms with van der Waals surface area (Å²) in [7, 11) is 0. The van der Waals surface area contributed by atoms with E-state index in [9.17, 15) is 14.7 Å². The Kier molecular flexibility index (Phi) is 5.61. The summed E-state index contributed by atoms with van der Waals surface area (Å²) in [4.78, 5) is 28.3. The lowest BCUT2D eigenvalue weighted by Gasteiger charge is -2.31. The molecule has 1 aromatic heterocycles. The van der Waals surface area contributed by atoms with Crippen molar-refractivity contribution >= 4 is 46.6 Å². The number of halogens is 2. The molecule has 0 atom stereocenters. The number of hydrogen-bond donors (Lipinski definition) is 4. The summed E-state index contributed by atoms with van der Waals surface area (Å²) in [5.41, 5.74) is 0.596. The maximum atomic E-state index is 12.4. The summed E-state index contributed by atoms with van der Waals surface area (Å²) in [6, 6.07) is 7.41. The molecule has 2 aromatic rings. The Morgan fingerprint density at radius 2 is 1.81 bits per heavy atom. The second-order valence-electron chi connectivity index (χ2n) is 5.90. The minimum Gasteiger partial charge on any atom is -0.393 e. The van der Waals surface area contributed by atoms with Crippen molar-refractivity contribution in [1.82, 2.24) is 10.3 Å². The average Bonchev–Trinajstić information content (AvgIpc) is 2.53. The number of carbonyl (C=O) groups excluding carboxylic acids is 2. The van der Waals surface area contributed by atoms with Crippen molar-refractivity contribution in [2.75, 3.05) is 10.6 Å². The molecule has 4 N–H and O–H groups in total. The lowest BCUT2D eigenvalue weighted by atomic mass is 9.90. The van der Waals surface area contributed by atoms with Crippen molar-refractivity contribution in [3.8, 4) is 0 Å². The van der Waals surface area contributed by atoms with Gasteiger partial charge in [0.25, 0.3) is 5.91 Å². The smallest absolute Gasteiger partial charge is 0.320 e. The number of anilines is 2. The average molecular weight is 395 g/mol. The van der Waals surface area contributed by atoms with Gasteiger partial charge in [-0.1, -0.05) is 29.3 Å². The molecule has 0 radical (unpaired) electrons. The van der Waals surface area contributed by atoms with Gasteiger partial charge < -0.3 is 15.7 Å². The second kappa shape index (κ2) is 7.90. The number of aliphatic hydroxyl groups excluding tert-OH is 1. The number of nitrogens with zero attached hydrogens (tertiary/aromatic N) is 1. The van der Waals surface area contributed by atoms with Crippen LogP contribution < -0.4 is 16.0 Å². The second-order valence-corrected chi connectivity index (χ2v) is 6.72. The quantitative estimate of drug-likeness (QED) is 0.638. The van der Waals surface area contributed by atoms with Crippen molar-refractivity contribution in [1.29, 1.82) is 0 Å². The fourth-order valence-corrected chi connectivity index (χ4v) is 3.10. The summed E-state index contributed by atoms with van der Waals surface area (Å²) in [6.07, 6.45) is 2.17. The number of pyridine rings is 1. The number of urea groups is 1. The van der Waals surface area contributed by atoms with Crippen molar-refractivity contribution in [3.05, 3.63) is 52.1 Å². The fourth-order valence-electron chi connectivity index (χ4n) is 2.53. The molecule has 3 rings (SSSR count). The molecule has 1 fully saturated rings. The highest BCUT2D eigenvalue weighted by Crippen LogP contribution is 2.25. The number of nitrogens with one attached hydrogen (secondary N) is 3. The molecule has 9 heteroatoms. The maximum absolute atomic E-state index is 12.4. The molecule has 1 aromatic carbocycles. The summed E-state index contributed by atoms with van der Waals surface area (Å²) in [5, 5.41) is 17.7. The van der Waals surface area contributed by atoms with E-state index >= 15 is 0 Å². The summed E-state index contributed by atoms with van der Waals surface area (Å²) in [6.45, 7) is 0. The first-order valence-electron chi connectivity index (χ1n) is 7.89. The van der Waals surface area contributed by atoms with Crippen LogP contribution >= 0.6 is 23.2 Å². The third-order valence-electron chi connectivity index (χ3n) is 3.90. The van der Waals surface area contributed by atoms with Gasteiger partial charge >= 0.3 is 6.03 Å². The number of hydrogen-bond acceptors (Lipinski definition) is 4. The zero-order valence-electron chi connectivity index (χ0n) is 13.5. The molecule has 26 heavy (non-hydrogen) atoms. The largest absolute Gasteiger partial charge is 0.393 e. The molecule has 0 bridgehead atoms. The van der Waals surface area contributed by atoms with E-state index < -0.39 is 11.9 Å². The Labute approximate surface area is 159 Å². The topological polar surface area (TPSA) is 103 Å². The van der Waals surface area contributed by atoms with Crippen LogP contribution in [0.15, 0.2) is 36.5 Å². The predicted octanol–water partition coefficient (Wildman–Crippen LogP) is 3.29. The van der Waals surface area contributed by atoms with Crippen LogP contribution in [0.2, 0.25) is 10.0 Å². The molecule has 0 spiro atoms. The molecule has 3 amide bonds. The molecular weight excluding hydrogens is 379 g/mol. The van der Waals surface area contributed by atoms with E-state index in [0.29, 0.717) is 18.5 Å². The SMILES string of the molecule is O=C(Nc1cc(NC(=O)c2c(Cl)cccc2Cl)ccn1)N[C@H]1C[C@@H](O)C1. The Morgan fingerprint density at radius 1 is 1.12 bits per heavy atom. The highest BCUT2D eigenvalue weighted by Gasteiger charge is 2.28. The third-order valence-corrected chi connectivity index (χ3v) is 4.53. The van der Waals surface area contributed by atoms with E-state index in [1.54, 1.807) is 24.3 Å². The molecule has 136 valence electrons. The Bertz CT molecular complexity index is 820. The number of benzene rings is 1. The van der Waals surface area contributed by atoms with Crippen LogP contribution in [0.4, 0.5) is 16.3 Å².